The Bertz CT molecular complexity index is 360. The van der Waals surface area contributed by atoms with E-state index in [9.17, 15) is 14.4 Å². The van der Waals surface area contributed by atoms with Crippen LogP contribution in [0.25, 0.3) is 0 Å². The van der Waals surface area contributed by atoms with Gasteiger partial charge < -0.3 is 25.7 Å². The van der Waals surface area contributed by atoms with Gasteiger partial charge in [-0.2, -0.15) is 0 Å². The normalized spacial score (nSPS) is 20.6. The Morgan fingerprint density at radius 1 is 1.58 bits per heavy atom. The van der Waals surface area contributed by atoms with Crippen LogP contribution >= 0.6 is 0 Å². The number of carboxylic acid groups (broad SMARTS) is 1. The molecule has 8 nitrogen and oxygen atoms in total. The minimum absolute atomic E-state index is 0.0715. The van der Waals surface area contributed by atoms with E-state index in [4.69, 9.17) is 10.2 Å². The lowest BCUT2D eigenvalue weighted by atomic mass is 10.1. The molecule has 0 saturated carbocycles. The zero-order valence-corrected chi connectivity index (χ0v) is 10.8. The van der Waals surface area contributed by atoms with E-state index < -0.39 is 24.1 Å². The molecule has 2 atom stereocenters. The number of aliphatic hydroxyl groups is 1. The second kappa shape index (κ2) is 6.93. The van der Waals surface area contributed by atoms with Gasteiger partial charge in [0.1, 0.15) is 12.1 Å². The molecular weight excluding hydrogens is 254 g/mol. The van der Waals surface area contributed by atoms with Crippen LogP contribution in [0.5, 0.6) is 0 Å². The van der Waals surface area contributed by atoms with Crippen molar-refractivity contribution in [2.45, 2.75) is 31.8 Å². The Balaban J connectivity index is 2.69. The fraction of sp³-hybridized carbons (Fsp3) is 0.727. The average Bonchev–Trinajstić information content (AvgIpc) is 2.37. The molecule has 0 bridgehead atoms. The first kappa shape index (κ1) is 15.2. The first-order valence-corrected chi connectivity index (χ1v) is 6.19. The number of hydrogen-bond acceptors (Lipinski definition) is 4. The fourth-order valence-corrected chi connectivity index (χ4v) is 1.98. The smallest absolute Gasteiger partial charge is 0.326 e. The predicted octanol–water partition coefficient (Wildman–Crippen LogP) is -1.26. The average molecular weight is 273 g/mol. The van der Waals surface area contributed by atoms with Crippen LogP contribution in [-0.4, -0.2) is 64.8 Å². The fourth-order valence-electron chi connectivity index (χ4n) is 1.98. The minimum Gasteiger partial charge on any atom is -0.480 e. The van der Waals surface area contributed by atoms with Crippen molar-refractivity contribution < 1.29 is 24.6 Å². The molecule has 3 amide bonds. The second-order valence-electron chi connectivity index (χ2n) is 4.26. The molecule has 1 rings (SSSR count). The topological polar surface area (TPSA) is 119 Å². The number of carboxylic acids is 1. The summed E-state index contributed by atoms with van der Waals surface area (Å²) in [5, 5.41) is 22.6. The molecule has 0 aromatic heterocycles. The van der Waals surface area contributed by atoms with Crippen LogP contribution in [-0.2, 0) is 9.59 Å². The van der Waals surface area contributed by atoms with Crippen molar-refractivity contribution in [3.05, 3.63) is 0 Å². The Morgan fingerprint density at radius 3 is 2.79 bits per heavy atom. The van der Waals surface area contributed by atoms with Crippen LogP contribution in [0, 0.1) is 0 Å². The van der Waals surface area contributed by atoms with E-state index >= 15 is 0 Å². The van der Waals surface area contributed by atoms with Crippen LogP contribution in [0.3, 0.4) is 0 Å². The highest BCUT2D eigenvalue weighted by atomic mass is 16.4. The number of carbonyl (C=O) groups excluding carboxylic acids is 2. The third-order valence-electron chi connectivity index (χ3n) is 2.99. The van der Waals surface area contributed by atoms with Crippen molar-refractivity contribution >= 4 is 17.9 Å². The van der Waals surface area contributed by atoms with Crippen molar-refractivity contribution in [3.8, 4) is 0 Å². The number of rotatable bonds is 5. The summed E-state index contributed by atoms with van der Waals surface area (Å²) in [6.45, 7) is 2.12. The molecule has 0 spiro atoms. The van der Waals surface area contributed by atoms with Crippen molar-refractivity contribution in [1.82, 2.24) is 15.5 Å². The number of aliphatic carboxylic acids is 1. The zero-order chi connectivity index (χ0) is 14.4. The molecule has 4 N–H and O–H groups in total. The van der Waals surface area contributed by atoms with E-state index in [0.29, 0.717) is 19.5 Å². The first-order valence-electron chi connectivity index (χ1n) is 6.19. The van der Waals surface area contributed by atoms with Gasteiger partial charge in [0.25, 0.3) is 0 Å². The quantitative estimate of drug-likeness (QED) is 0.498. The Hall–Kier alpha value is -1.83. The van der Waals surface area contributed by atoms with Crippen molar-refractivity contribution in [3.63, 3.8) is 0 Å². The molecule has 8 heteroatoms. The predicted molar refractivity (Wildman–Crippen MR) is 65.5 cm³/mol. The van der Waals surface area contributed by atoms with Crippen molar-refractivity contribution in [1.29, 1.82) is 0 Å². The molecular formula is C11H19N3O5. The Labute approximate surface area is 110 Å². The maximum Gasteiger partial charge on any atom is 0.326 e. The summed E-state index contributed by atoms with van der Waals surface area (Å²) in [7, 11) is 0. The van der Waals surface area contributed by atoms with E-state index in [1.54, 1.807) is 6.92 Å². The van der Waals surface area contributed by atoms with E-state index in [1.807, 2.05) is 0 Å². The first-order chi connectivity index (χ1) is 9.01. The maximum absolute atomic E-state index is 12.0. The molecule has 0 radical (unpaired) electrons. The number of aliphatic hydroxyl groups excluding tert-OH is 1. The minimum atomic E-state index is -1.21. The lowest BCUT2D eigenvalue weighted by Gasteiger charge is -2.35. The highest BCUT2D eigenvalue weighted by Gasteiger charge is 2.33. The third-order valence-corrected chi connectivity index (χ3v) is 2.99. The molecule has 0 aromatic rings. The van der Waals surface area contributed by atoms with Crippen molar-refractivity contribution in [2.24, 2.45) is 0 Å². The molecule has 0 aliphatic carbocycles. The second-order valence-corrected chi connectivity index (χ2v) is 4.26. The summed E-state index contributed by atoms with van der Waals surface area (Å²) in [4.78, 5) is 35.8. The van der Waals surface area contributed by atoms with Gasteiger partial charge in [0.15, 0.2) is 0 Å². The summed E-state index contributed by atoms with van der Waals surface area (Å²) < 4.78 is 0. The molecule has 1 heterocycles. The summed E-state index contributed by atoms with van der Waals surface area (Å²) in [5.41, 5.74) is 0. The number of hydrogen-bond donors (Lipinski definition) is 4. The van der Waals surface area contributed by atoms with Gasteiger partial charge in [-0.25, -0.2) is 9.59 Å². The van der Waals surface area contributed by atoms with Gasteiger partial charge in [-0.15, -0.1) is 0 Å². The summed E-state index contributed by atoms with van der Waals surface area (Å²) in [6.07, 6.45) is 0.384. The van der Waals surface area contributed by atoms with Gasteiger partial charge >= 0.3 is 12.0 Å². The van der Waals surface area contributed by atoms with Gasteiger partial charge in [-0.05, 0) is 6.42 Å². The number of nitrogens with zero attached hydrogens (tertiary/aromatic N) is 1. The number of nitrogens with one attached hydrogen (secondary N) is 2. The monoisotopic (exact) mass is 273 g/mol. The highest BCUT2D eigenvalue weighted by Crippen LogP contribution is 2.09. The van der Waals surface area contributed by atoms with E-state index in [-0.39, 0.29) is 18.9 Å². The SMILES string of the molecule is CCC1C(=O)NCCN1C(=O)N[C@@H](CCO)C(=O)O. The van der Waals surface area contributed by atoms with Crippen LogP contribution < -0.4 is 10.6 Å². The summed E-state index contributed by atoms with van der Waals surface area (Å²) >= 11 is 0. The number of piperazine rings is 1. The van der Waals surface area contributed by atoms with Crippen molar-refractivity contribution in [2.75, 3.05) is 19.7 Å². The van der Waals surface area contributed by atoms with Gasteiger partial charge in [-0.1, -0.05) is 6.92 Å². The van der Waals surface area contributed by atoms with Crippen LogP contribution in [0.4, 0.5) is 4.79 Å². The number of carbonyl (C=O) groups is 3. The highest BCUT2D eigenvalue weighted by molar-refractivity contribution is 5.89. The van der Waals surface area contributed by atoms with Gasteiger partial charge in [0.05, 0.1) is 0 Å². The van der Waals surface area contributed by atoms with Gasteiger partial charge in [-0.3, -0.25) is 4.79 Å². The largest absolute Gasteiger partial charge is 0.480 e. The number of amides is 3. The van der Waals surface area contributed by atoms with Gasteiger partial charge in [0.2, 0.25) is 5.91 Å². The summed E-state index contributed by atoms with van der Waals surface area (Å²) in [6, 6.07) is -2.33. The molecule has 1 saturated heterocycles. The molecule has 0 aromatic carbocycles. The Kier molecular flexibility index (Phi) is 5.56. The summed E-state index contributed by atoms with van der Waals surface area (Å²) in [5.74, 6) is -1.45. The molecule has 1 aliphatic rings. The Morgan fingerprint density at radius 2 is 2.26 bits per heavy atom. The van der Waals surface area contributed by atoms with E-state index in [0.717, 1.165) is 0 Å². The van der Waals surface area contributed by atoms with E-state index in [2.05, 4.69) is 10.6 Å². The van der Waals surface area contributed by atoms with E-state index in [1.165, 1.54) is 4.90 Å². The molecule has 1 aliphatic heterocycles. The van der Waals surface area contributed by atoms with Crippen LogP contribution in [0.15, 0.2) is 0 Å². The third kappa shape index (κ3) is 3.82. The van der Waals surface area contributed by atoms with Crippen LogP contribution in [0.1, 0.15) is 19.8 Å². The standard InChI is InChI=1S/C11H19N3O5/c1-2-8-9(16)12-4-5-14(8)11(19)13-7(3-6-15)10(17)18/h7-8,15H,2-6H2,1H3,(H,12,16)(H,13,19)(H,17,18)/t7-,8?/m0/s1. The number of urea groups is 1. The van der Waals surface area contributed by atoms with Gasteiger partial charge in [0, 0.05) is 26.1 Å². The molecule has 1 fully saturated rings. The lowest BCUT2D eigenvalue weighted by molar-refractivity contribution is -0.139. The molecule has 1 unspecified atom stereocenters. The maximum atomic E-state index is 12.0. The molecule has 19 heavy (non-hydrogen) atoms. The van der Waals surface area contributed by atoms with Crippen LogP contribution in [0.2, 0.25) is 0 Å². The molecule has 108 valence electrons. The zero-order valence-electron chi connectivity index (χ0n) is 10.8. The lowest BCUT2D eigenvalue weighted by Crippen LogP contribution is -2.60.